The number of hydrogen-bond donors (Lipinski definition) is 0. The van der Waals surface area contributed by atoms with E-state index >= 15 is 0 Å². The van der Waals surface area contributed by atoms with Gasteiger partial charge in [0.15, 0.2) is 5.82 Å². The van der Waals surface area contributed by atoms with Gasteiger partial charge in [-0.25, -0.2) is 0 Å². The molecule has 2 aromatic rings. The average molecular weight is 307 g/mol. The van der Waals surface area contributed by atoms with Gasteiger partial charge >= 0.3 is 0 Å². The van der Waals surface area contributed by atoms with Gasteiger partial charge in [-0.05, 0) is 5.92 Å². The van der Waals surface area contributed by atoms with E-state index in [4.69, 9.17) is 9.05 Å². The second-order valence-electron chi connectivity index (χ2n) is 6.76. The van der Waals surface area contributed by atoms with Crippen molar-refractivity contribution in [2.24, 2.45) is 0 Å². The van der Waals surface area contributed by atoms with Gasteiger partial charge in [0.1, 0.15) is 5.76 Å². The van der Waals surface area contributed by atoms with E-state index in [1.54, 1.807) is 0 Å². The fourth-order valence-electron chi connectivity index (χ4n) is 1.56. The Bertz CT molecular complexity index is 459. The minimum Gasteiger partial charge on any atom is -0.361 e. The first-order chi connectivity index (χ1) is 10.2. The van der Waals surface area contributed by atoms with Crippen LogP contribution in [0.2, 0.25) is 0 Å². The van der Waals surface area contributed by atoms with Crippen LogP contribution in [-0.4, -0.2) is 15.3 Å². The van der Waals surface area contributed by atoms with Gasteiger partial charge < -0.3 is 9.05 Å². The summed E-state index contributed by atoms with van der Waals surface area (Å²) in [4.78, 5) is 4.23. The molecule has 0 saturated heterocycles. The molecule has 2 aromatic heterocycles. The molecule has 0 spiro atoms. The van der Waals surface area contributed by atoms with Gasteiger partial charge in [0.05, 0.1) is 5.69 Å². The minimum absolute atomic E-state index is 0.329. The van der Waals surface area contributed by atoms with Crippen LogP contribution < -0.4 is 0 Å². The minimum atomic E-state index is 0.329. The van der Waals surface area contributed by atoms with E-state index in [0.717, 1.165) is 23.2 Å². The van der Waals surface area contributed by atoms with Gasteiger partial charge in [-0.2, -0.15) is 4.98 Å². The van der Waals surface area contributed by atoms with Crippen LogP contribution in [0, 0.1) is 0 Å². The topological polar surface area (TPSA) is 65.0 Å². The van der Waals surface area contributed by atoms with Crippen LogP contribution in [0.3, 0.4) is 0 Å². The van der Waals surface area contributed by atoms with Gasteiger partial charge in [-0.1, -0.05) is 65.7 Å². The maximum absolute atomic E-state index is 5.14. The van der Waals surface area contributed by atoms with E-state index in [1.807, 2.05) is 19.9 Å². The molecular weight excluding hydrogens is 278 g/mol. The van der Waals surface area contributed by atoms with Gasteiger partial charge in [-0.3, -0.25) is 0 Å². The largest absolute Gasteiger partial charge is 0.361 e. The van der Waals surface area contributed by atoms with Crippen LogP contribution in [-0.2, 0) is 0 Å². The summed E-state index contributed by atoms with van der Waals surface area (Å²) < 4.78 is 10.2. The summed E-state index contributed by atoms with van der Waals surface area (Å²) in [7, 11) is 0. The molecule has 0 aliphatic heterocycles. The standard InChI is InChI=1S/C9H15NO.C8H14N2O/c1-6(2)8-5-9(7(3)4)11-10-8;1-5(2)7-9-8(6(3)4)11-10-7/h5-7H,1-4H3;5-6H,1-4H3. The molecule has 0 radical (unpaired) electrons. The fourth-order valence-corrected chi connectivity index (χ4v) is 1.56. The molecule has 0 aromatic carbocycles. The Morgan fingerprint density at radius 1 is 0.727 bits per heavy atom. The summed E-state index contributed by atoms with van der Waals surface area (Å²) in [6.45, 7) is 16.6. The lowest BCUT2D eigenvalue weighted by Crippen LogP contribution is -1.91. The molecule has 0 fully saturated rings. The van der Waals surface area contributed by atoms with Crippen molar-refractivity contribution in [2.45, 2.75) is 79.1 Å². The Labute approximate surface area is 133 Å². The van der Waals surface area contributed by atoms with Crippen molar-refractivity contribution in [2.75, 3.05) is 0 Å². The number of rotatable bonds is 4. The van der Waals surface area contributed by atoms with E-state index < -0.39 is 0 Å². The zero-order valence-electron chi connectivity index (χ0n) is 15.0. The van der Waals surface area contributed by atoms with E-state index in [9.17, 15) is 0 Å². The molecule has 2 heterocycles. The molecule has 0 aliphatic rings. The van der Waals surface area contributed by atoms with Crippen molar-refractivity contribution < 1.29 is 9.05 Å². The molecule has 2 rings (SSSR count). The van der Waals surface area contributed by atoms with Gasteiger partial charge in [0.2, 0.25) is 5.89 Å². The van der Waals surface area contributed by atoms with Crippen LogP contribution >= 0.6 is 0 Å². The van der Waals surface area contributed by atoms with Crippen LogP contribution in [0.15, 0.2) is 15.1 Å². The lowest BCUT2D eigenvalue weighted by molar-refractivity contribution is 0.359. The summed E-state index contributed by atoms with van der Waals surface area (Å²) in [5, 5.41) is 7.81. The Morgan fingerprint density at radius 3 is 1.64 bits per heavy atom. The smallest absolute Gasteiger partial charge is 0.229 e. The van der Waals surface area contributed by atoms with Crippen LogP contribution in [0.4, 0.5) is 0 Å². The molecule has 0 bridgehead atoms. The van der Waals surface area contributed by atoms with Crippen LogP contribution in [0.5, 0.6) is 0 Å². The highest BCUT2D eigenvalue weighted by Gasteiger charge is 2.11. The summed E-state index contributed by atoms with van der Waals surface area (Å²) in [6.07, 6.45) is 0. The molecule has 124 valence electrons. The highest BCUT2D eigenvalue weighted by Crippen LogP contribution is 2.19. The maximum Gasteiger partial charge on any atom is 0.229 e. The normalized spacial score (nSPS) is 11.5. The molecule has 5 nitrogen and oxygen atoms in total. The van der Waals surface area contributed by atoms with E-state index in [0.29, 0.717) is 23.7 Å². The Kier molecular flexibility index (Phi) is 6.78. The second kappa shape index (κ2) is 8.11. The lowest BCUT2D eigenvalue weighted by atomic mass is 10.1. The first-order valence-electron chi connectivity index (χ1n) is 8.02. The van der Waals surface area contributed by atoms with Crippen molar-refractivity contribution in [1.29, 1.82) is 0 Å². The fraction of sp³-hybridized carbons (Fsp3) is 0.706. The summed E-state index contributed by atoms with van der Waals surface area (Å²) in [5.74, 6) is 4.10. The zero-order chi connectivity index (χ0) is 16.9. The van der Waals surface area contributed by atoms with Crippen molar-refractivity contribution in [3.8, 4) is 0 Å². The van der Waals surface area contributed by atoms with Gasteiger partial charge in [-0.15, -0.1) is 0 Å². The molecule has 0 saturated carbocycles. The first-order valence-corrected chi connectivity index (χ1v) is 8.02. The molecule has 0 unspecified atom stereocenters. The number of nitrogens with zero attached hydrogens (tertiary/aromatic N) is 3. The van der Waals surface area contributed by atoms with E-state index in [1.165, 1.54) is 0 Å². The summed E-state index contributed by atoms with van der Waals surface area (Å²) in [6, 6.07) is 2.04. The molecule has 0 N–H and O–H groups in total. The van der Waals surface area contributed by atoms with Crippen LogP contribution in [0.1, 0.15) is 102 Å². The average Bonchev–Trinajstić information content (AvgIpc) is 3.09. The zero-order valence-corrected chi connectivity index (χ0v) is 15.0. The maximum atomic E-state index is 5.14. The number of aromatic nitrogens is 3. The van der Waals surface area contributed by atoms with Gasteiger partial charge in [0.25, 0.3) is 0 Å². The van der Waals surface area contributed by atoms with Crippen molar-refractivity contribution in [3.63, 3.8) is 0 Å². The summed E-state index contributed by atoms with van der Waals surface area (Å²) >= 11 is 0. The monoisotopic (exact) mass is 307 g/mol. The second-order valence-corrected chi connectivity index (χ2v) is 6.76. The van der Waals surface area contributed by atoms with Crippen molar-refractivity contribution in [1.82, 2.24) is 15.3 Å². The Balaban J connectivity index is 0.000000220. The van der Waals surface area contributed by atoms with Gasteiger partial charge in [0, 0.05) is 23.8 Å². The quantitative estimate of drug-likeness (QED) is 0.773. The SMILES string of the molecule is CC(C)c1cc(C(C)C)on1.CC(C)c1noc(C(C)C)n1. The highest BCUT2D eigenvalue weighted by atomic mass is 16.5. The predicted octanol–water partition coefficient (Wildman–Crippen LogP) is 5.24. The lowest BCUT2D eigenvalue weighted by Gasteiger charge is -1.95. The highest BCUT2D eigenvalue weighted by molar-refractivity contribution is 5.11. The molecule has 5 heteroatoms. The molecule has 22 heavy (non-hydrogen) atoms. The van der Waals surface area contributed by atoms with Crippen molar-refractivity contribution >= 4 is 0 Å². The first kappa shape index (κ1) is 18.4. The Hall–Kier alpha value is -1.65. The number of hydrogen-bond acceptors (Lipinski definition) is 5. The van der Waals surface area contributed by atoms with E-state index in [2.05, 4.69) is 56.8 Å². The third-order valence-corrected chi connectivity index (χ3v) is 3.17. The third kappa shape index (κ3) is 5.28. The molecule has 0 atom stereocenters. The third-order valence-electron chi connectivity index (χ3n) is 3.17. The van der Waals surface area contributed by atoms with E-state index in [-0.39, 0.29) is 0 Å². The molecule has 0 amide bonds. The van der Waals surface area contributed by atoms with Crippen LogP contribution in [0.25, 0.3) is 0 Å². The van der Waals surface area contributed by atoms with Crippen molar-refractivity contribution in [3.05, 3.63) is 29.2 Å². The molecular formula is C17H29N3O2. The molecule has 0 aliphatic carbocycles. The predicted molar refractivity (Wildman–Crippen MR) is 87.2 cm³/mol. The Morgan fingerprint density at radius 2 is 1.36 bits per heavy atom. The summed E-state index contributed by atoms with van der Waals surface area (Å²) in [5.41, 5.74) is 1.05.